The van der Waals surface area contributed by atoms with Crippen molar-refractivity contribution in [2.75, 3.05) is 33.3 Å². The van der Waals surface area contributed by atoms with E-state index in [0.29, 0.717) is 18.6 Å². The third-order valence-electron chi connectivity index (χ3n) is 6.16. The number of esters is 1. The molecular formula is C18H29N2O4+. The number of hydrogen-bond donors (Lipinski definition) is 0. The van der Waals surface area contributed by atoms with Crippen LogP contribution in [0.2, 0.25) is 0 Å². The first-order valence-electron chi connectivity index (χ1n) is 9.33. The van der Waals surface area contributed by atoms with Gasteiger partial charge in [0.1, 0.15) is 0 Å². The molecule has 0 spiro atoms. The Morgan fingerprint density at radius 3 is 2.58 bits per heavy atom. The zero-order valence-corrected chi connectivity index (χ0v) is 14.7. The molecule has 24 heavy (non-hydrogen) atoms. The Bertz CT molecular complexity index is 501. The number of carbonyl (C=O) groups is 3. The number of rotatable bonds is 5. The number of likely N-dealkylation sites (tertiary alicyclic amines) is 1. The van der Waals surface area contributed by atoms with E-state index < -0.39 is 0 Å². The van der Waals surface area contributed by atoms with Crippen LogP contribution >= 0.6 is 0 Å². The number of carbonyl (C=O) groups excluding carboxylic acids is 3. The molecule has 0 aromatic heterocycles. The number of imide groups is 1. The summed E-state index contributed by atoms with van der Waals surface area (Å²) in [5.74, 6) is -0.188. The number of nitrogens with zero attached hydrogens (tertiary/aromatic N) is 2. The van der Waals surface area contributed by atoms with Gasteiger partial charge in [-0.05, 0) is 25.7 Å². The van der Waals surface area contributed by atoms with Crippen molar-refractivity contribution in [1.29, 1.82) is 0 Å². The Labute approximate surface area is 143 Å². The van der Waals surface area contributed by atoms with E-state index in [0.717, 1.165) is 10.9 Å². The lowest BCUT2D eigenvalue weighted by atomic mass is 9.82. The van der Waals surface area contributed by atoms with Crippen molar-refractivity contribution in [3.05, 3.63) is 0 Å². The Morgan fingerprint density at radius 1 is 1.12 bits per heavy atom. The highest BCUT2D eigenvalue weighted by Crippen LogP contribution is 2.36. The molecule has 0 aromatic rings. The largest absolute Gasteiger partial charge is 0.465 e. The predicted molar refractivity (Wildman–Crippen MR) is 87.8 cm³/mol. The molecule has 3 aliphatic rings. The van der Waals surface area contributed by atoms with Crippen LogP contribution in [0.3, 0.4) is 0 Å². The monoisotopic (exact) mass is 337 g/mol. The fourth-order valence-electron chi connectivity index (χ4n) is 4.78. The molecule has 0 saturated carbocycles. The molecule has 3 heterocycles. The minimum atomic E-state index is -0.293. The van der Waals surface area contributed by atoms with E-state index in [1.807, 2.05) is 0 Å². The van der Waals surface area contributed by atoms with Gasteiger partial charge < -0.3 is 9.22 Å². The van der Waals surface area contributed by atoms with Gasteiger partial charge in [-0.25, -0.2) is 0 Å². The Morgan fingerprint density at radius 2 is 1.83 bits per heavy atom. The molecule has 134 valence electrons. The highest BCUT2D eigenvalue weighted by atomic mass is 16.5. The van der Waals surface area contributed by atoms with Gasteiger partial charge in [0.15, 0.2) is 0 Å². The zero-order valence-electron chi connectivity index (χ0n) is 14.7. The molecule has 0 N–H and O–H groups in total. The van der Waals surface area contributed by atoms with Gasteiger partial charge in [0.2, 0.25) is 11.8 Å². The molecule has 3 rings (SSSR count). The second-order valence-electron chi connectivity index (χ2n) is 7.76. The third kappa shape index (κ3) is 3.63. The minimum Gasteiger partial charge on any atom is -0.465 e. The standard InChI is InChI=1S/C18H29N2O4/c1-20-11-3-2-6-15(20)14(5-4-12-20)13-24-18(23)9-10-19-16(21)7-8-17(19)22/h14-15H,2-13H2,1H3/q+1/t14-,15-,20-/m1/s1. The SMILES string of the molecule is C[N@+]12CCCC[C@@H]1[C@@H](COC(=O)CCN1C(=O)CCC1=O)CCC2. The third-order valence-corrected chi connectivity index (χ3v) is 6.16. The molecule has 3 atom stereocenters. The van der Waals surface area contributed by atoms with Gasteiger partial charge >= 0.3 is 5.97 Å². The molecule has 0 radical (unpaired) electrons. The van der Waals surface area contributed by atoms with Crippen LogP contribution in [-0.2, 0) is 19.1 Å². The van der Waals surface area contributed by atoms with Gasteiger partial charge in [-0.1, -0.05) is 0 Å². The van der Waals surface area contributed by atoms with Gasteiger partial charge in [-0.15, -0.1) is 0 Å². The summed E-state index contributed by atoms with van der Waals surface area (Å²) >= 11 is 0. The number of amides is 2. The van der Waals surface area contributed by atoms with E-state index in [4.69, 9.17) is 4.74 Å². The minimum absolute atomic E-state index is 0.112. The van der Waals surface area contributed by atoms with Crippen LogP contribution in [0.1, 0.15) is 51.4 Å². The summed E-state index contributed by atoms with van der Waals surface area (Å²) in [5, 5.41) is 0. The molecule has 0 aliphatic carbocycles. The highest BCUT2D eigenvalue weighted by Gasteiger charge is 2.43. The molecule has 0 unspecified atom stereocenters. The second-order valence-corrected chi connectivity index (χ2v) is 7.76. The molecule has 3 aliphatic heterocycles. The molecule has 3 fully saturated rings. The maximum absolute atomic E-state index is 12.0. The average Bonchev–Trinajstić information content (AvgIpc) is 2.88. The zero-order chi connectivity index (χ0) is 17.2. The lowest BCUT2D eigenvalue weighted by molar-refractivity contribution is -0.947. The highest BCUT2D eigenvalue weighted by molar-refractivity contribution is 6.02. The molecule has 0 aromatic carbocycles. The number of quaternary nitrogens is 1. The first-order chi connectivity index (χ1) is 11.5. The van der Waals surface area contributed by atoms with Crippen LogP contribution in [0, 0.1) is 5.92 Å². The van der Waals surface area contributed by atoms with Crippen LogP contribution < -0.4 is 0 Å². The van der Waals surface area contributed by atoms with Crippen LogP contribution in [0.4, 0.5) is 0 Å². The summed E-state index contributed by atoms with van der Waals surface area (Å²) in [6.07, 6.45) is 6.80. The molecule has 6 heteroatoms. The lowest BCUT2D eigenvalue weighted by Gasteiger charge is -2.51. The quantitative estimate of drug-likeness (QED) is 0.433. The van der Waals surface area contributed by atoms with Crippen molar-refractivity contribution < 1.29 is 23.6 Å². The maximum atomic E-state index is 12.0. The number of hydrogen-bond acceptors (Lipinski definition) is 4. The van der Waals surface area contributed by atoms with Crippen LogP contribution in [0.15, 0.2) is 0 Å². The maximum Gasteiger partial charge on any atom is 0.307 e. The molecule has 6 nitrogen and oxygen atoms in total. The van der Waals surface area contributed by atoms with Gasteiger partial charge in [-0.3, -0.25) is 19.3 Å². The number of fused-ring (bicyclic) bond motifs is 1. The van der Waals surface area contributed by atoms with Crippen LogP contribution in [0.5, 0.6) is 0 Å². The van der Waals surface area contributed by atoms with Crippen molar-refractivity contribution >= 4 is 17.8 Å². The fourth-order valence-corrected chi connectivity index (χ4v) is 4.78. The summed E-state index contributed by atoms with van der Waals surface area (Å²) < 4.78 is 6.65. The van der Waals surface area contributed by atoms with Crippen molar-refractivity contribution in [1.82, 2.24) is 4.90 Å². The average molecular weight is 337 g/mol. The Kier molecular flexibility index (Phi) is 5.23. The van der Waals surface area contributed by atoms with Gasteiger partial charge in [0, 0.05) is 31.7 Å². The second kappa shape index (κ2) is 7.21. The first-order valence-corrected chi connectivity index (χ1v) is 9.33. The van der Waals surface area contributed by atoms with Crippen molar-refractivity contribution in [3.8, 4) is 0 Å². The first kappa shape index (κ1) is 17.4. The molecule has 0 bridgehead atoms. The predicted octanol–water partition coefficient (Wildman–Crippen LogP) is 1.48. The van der Waals surface area contributed by atoms with Crippen molar-refractivity contribution in [2.24, 2.45) is 5.92 Å². The van der Waals surface area contributed by atoms with Crippen LogP contribution in [-0.4, -0.2) is 66.5 Å². The van der Waals surface area contributed by atoms with E-state index in [2.05, 4.69) is 7.05 Å². The normalized spacial score (nSPS) is 33.5. The van der Waals surface area contributed by atoms with Gasteiger partial charge in [0.25, 0.3) is 0 Å². The van der Waals surface area contributed by atoms with Crippen LogP contribution in [0.25, 0.3) is 0 Å². The number of ether oxygens (including phenoxy) is 1. The van der Waals surface area contributed by atoms with E-state index in [1.165, 1.54) is 43.7 Å². The molecule has 2 amide bonds. The van der Waals surface area contributed by atoms with Crippen molar-refractivity contribution in [3.63, 3.8) is 0 Å². The molecular weight excluding hydrogens is 308 g/mol. The summed E-state index contributed by atoms with van der Waals surface area (Å²) in [6.45, 7) is 3.14. The summed E-state index contributed by atoms with van der Waals surface area (Å²) in [5.41, 5.74) is 0. The van der Waals surface area contributed by atoms with E-state index >= 15 is 0 Å². The van der Waals surface area contributed by atoms with E-state index in [-0.39, 0.29) is 43.6 Å². The van der Waals surface area contributed by atoms with E-state index in [9.17, 15) is 14.4 Å². The smallest absolute Gasteiger partial charge is 0.307 e. The van der Waals surface area contributed by atoms with Gasteiger partial charge in [0.05, 0.1) is 39.2 Å². The van der Waals surface area contributed by atoms with E-state index in [1.54, 1.807) is 0 Å². The lowest BCUT2D eigenvalue weighted by Crippen LogP contribution is -2.61. The summed E-state index contributed by atoms with van der Waals surface area (Å²) in [4.78, 5) is 36.3. The Balaban J connectivity index is 1.45. The van der Waals surface area contributed by atoms with Crippen molar-refractivity contribution in [2.45, 2.75) is 57.4 Å². The summed E-state index contributed by atoms with van der Waals surface area (Å²) in [6, 6.07) is 0.613. The molecule has 3 saturated heterocycles. The fraction of sp³-hybridized carbons (Fsp3) is 0.833. The Hall–Kier alpha value is -1.43. The number of piperidine rings is 2. The topological polar surface area (TPSA) is 63.7 Å². The summed E-state index contributed by atoms with van der Waals surface area (Å²) in [7, 11) is 2.35. The van der Waals surface area contributed by atoms with Gasteiger partial charge in [-0.2, -0.15) is 0 Å².